The molecule has 1 fully saturated rings. The third-order valence-electron chi connectivity index (χ3n) is 5.17. The number of hydrogen-bond donors (Lipinski definition) is 1. The number of nitrogens with one attached hydrogen (secondary N) is 1. The fourth-order valence-corrected chi connectivity index (χ4v) is 5.13. The van der Waals surface area contributed by atoms with Gasteiger partial charge in [0.2, 0.25) is 10.0 Å². The first-order chi connectivity index (χ1) is 15.9. The number of aromatic nitrogens is 1. The molecule has 0 unspecified atom stereocenters. The standard InChI is InChI=1S/C25H23N3O4S/c1-32-24-17-19(7-10-21-6-2-3-13-26-21)16-22(18-24)27-25(29)20-8-11-23(12-9-20)28-14-4-5-15-33(28,30)31/h2-3,6,8-9,11-13,16-18H,4-5,14-15H2,1H3,(H,27,29). The Balaban J connectivity index is 1.51. The monoisotopic (exact) mass is 461 g/mol. The number of nitrogens with zero attached hydrogens (tertiary/aromatic N) is 2. The van der Waals surface area contributed by atoms with Crippen LogP contribution in [-0.4, -0.2) is 38.7 Å². The molecule has 1 saturated heterocycles. The van der Waals surface area contributed by atoms with Crippen LogP contribution < -0.4 is 14.4 Å². The number of pyridine rings is 1. The Morgan fingerprint density at radius 3 is 2.58 bits per heavy atom. The van der Waals surface area contributed by atoms with Crippen molar-refractivity contribution in [2.24, 2.45) is 0 Å². The van der Waals surface area contributed by atoms with Gasteiger partial charge in [-0.2, -0.15) is 0 Å². The number of amides is 1. The predicted molar refractivity (Wildman–Crippen MR) is 128 cm³/mol. The molecule has 1 amide bonds. The minimum absolute atomic E-state index is 0.149. The van der Waals surface area contributed by atoms with Crippen molar-refractivity contribution in [2.45, 2.75) is 12.8 Å². The molecule has 0 bridgehead atoms. The zero-order valence-electron chi connectivity index (χ0n) is 18.1. The molecule has 1 N–H and O–H groups in total. The third-order valence-corrected chi connectivity index (χ3v) is 7.04. The molecule has 33 heavy (non-hydrogen) atoms. The summed E-state index contributed by atoms with van der Waals surface area (Å²) in [5.74, 6) is 6.41. The van der Waals surface area contributed by atoms with Crippen LogP contribution in [0, 0.1) is 11.8 Å². The van der Waals surface area contributed by atoms with Crippen LogP contribution in [0.2, 0.25) is 0 Å². The number of benzene rings is 2. The summed E-state index contributed by atoms with van der Waals surface area (Å²) in [6.07, 6.45) is 3.17. The molecule has 3 aromatic rings. The maximum atomic E-state index is 12.8. The van der Waals surface area contributed by atoms with Crippen LogP contribution in [0.15, 0.2) is 66.9 Å². The molecule has 4 rings (SSSR count). The highest BCUT2D eigenvalue weighted by atomic mass is 32.2. The maximum absolute atomic E-state index is 12.8. The first-order valence-corrected chi connectivity index (χ1v) is 12.1. The van der Waals surface area contributed by atoms with Gasteiger partial charge in [-0.05, 0) is 67.3 Å². The second kappa shape index (κ2) is 9.76. The van der Waals surface area contributed by atoms with E-state index in [2.05, 4.69) is 22.1 Å². The summed E-state index contributed by atoms with van der Waals surface area (Å²) in [4.78, 5) is 17.0. The predicted octanol–water partition coefficient (Wildman–Crippen LogP) is 3.67. The summed E-state index contributed by atoms with van der Waals surface area (Å²) in [5.41, 5.74) is 2.83. The number of sulfonamides is 1. The van der Waals surface area contributed by atoms with Gasteiger partial charge in [0.1, 0.15) is 11.4 Å². The molecule has 8 heteroatoms. The van der Waals surface area contributed by atoms with Gasteiger partial charge in [-0.3, -0.25) is 9.10 Å². The van der Waals surface area contributed by atoms with Crippen molar-refractivity contribution in [1.82, 2.24) is 4.98 Å². The number of methoxy groups -OCH3 is 1. The lowest BCUT2D eigenvalue weighted by Gasteiger charge is -2.28. The van der Waals surface area contributed by atoms with Gasteiger partial charge in [-0.1, -0.05) is 12.0 Å². The summed E-state index contributed by atoms with van der Waals surface area (Å²) < 4.78 is 31.3. The Morgan fingerprint density at radius 1 is 1.06 bits per heavy atom. The van der Waals surface area contributed by atoms with E-state index in [1.165, 1.54) is 4.31 Å². The summed E-state index contributed by atoms with van der Waals surface area (Å²) in [6.45, 7) is 0.458. The molecule has 2 heterocycles. The molecular formula is C25H23N3O4S. The lowest BCUT2D eigenvalue weighted by atomic mass is 10.1. The van der Waals surface area contributed by atoms with Crippen LogP contribution in [0.25, 0.3) is 0 Å². The Hall–Kier alpha value is -3.83. The van der Waals surface area contributed by atoms with Gasteiger partial charge in [0, 0.05) is 35.6 Å². The first-order valence-electron chi connectivity index (χ1n) is 10.5. The average molecular weight is 462 g/mol. The van der Waals surface area contributed by atoms with E-state index in [-0.39, 0.29) is 11.7 Å². The second-order valence-electron chi connectivity index (χ2n) is 7.51. The van der Waals surface area contributed by atoms with Crippen molar-refractivity contribution in [2.75, 3.05) is 29.0 Å². The molecule has 7 nitrogen and oxygen atoms in total. The molecule has 2 aromatic carbocycles. The van der Waals surface area contributed by atoms with Gasteiger partial charge in [0.05, 0.1) is 18.6 Å². The van der Waals surface area contributed by atoms with Crippen molar-refractivity contribution < 1.29 is 17.9 Å². The number of ether oxygens (including phenoxy) is 1. The largest absolute Gasteiger partial charge is 0.497 e. The van der Waals surface area contributed by atoms with Crippen LogP contribution in [-0.2, 0) is 10.0 Å². The Labute approximate surface area is 193 Å². The molecule has 1 aromatic heterocycles. The fourth-order valence-electron chi connectivity index (χ4n) is 3.50. The summed E-state index contributed by atoms with van der Waals surface area (Å²) >= 11 is 0. The number of carbonyl (C=O) groups excluding carboxylic acids is 1. The van der Waals surface area contributed by atoms with E-state index in [4.69, 9.17) is 4.74 Å². The average Bonchev–Trinajstić information content (AvgIpc) is 2.83. The van der Waals surface area contributed by atoms with Crippen molar-refractivity contribution in [3.8, 4) is 17.6 Å². The highest BCUT2D eigenvalue weighted by Gasteiger charge is 2.26. The summed E-state index contributed by atoms with van der Waals surface area (Å²) in [6, 6.07) is 17.3. The topological polar surface area (TPSA) is 88.6 Å². The summed E-state index contributed by atoms with van der Waals surface area (Å²) in [5, 5.41) is 2.85. The van der Waals surface area contributed by atoms with Gasteiger partial charge in [-0.25, -0.2) is 13.4 Å². The van der Waals surface area contributed by atoms with Crippen molar-refractivity contribution in [1.29, 1.82) is 0 Å². The van der Waals surface area contributed by atoms with Crippen LogP contribution in [0.1, 0.15) is 34.5 Å². The van der Waals surface area contributed by atoms with Gasteiger partial charge in [0.25, 0.3) is 5.91 Å². The SMILES string of the molecule is COc1cc(C#Cc2ccccn2)cc(NC(=O)c2ccc(N3CCCCS3(=O)=O)cc2)c1. The van der Waals surface area contributed by atoms with Crippen molar-refractivity contribution in [3.05, 3.63) is 83.7 Å². The highest BCUT2D eigenvalue weighted by molar-refractivity contribution is 7.92. The Bertz CT molecular complexity index is 1310. The molecule has 1 aliphatic heterocycles. The fraction of sp³-hybridized carbons (Fsp3) is 0.200. The van der Waals surface area contributed by atoms with E-state index >= 15 is 0 Å². The zero-order chi connectivity index (χ0) is 23.3. The number of anilines is 2. The van der Waals surface area contributed by atoms with E-state index in [1.807, 2.05) is 18.2 Å². The molecule has 0 saturated carbocycles. The van der Waals surface area contributed by atoms with Crippen molar-refractivity contribution >= 4 is 27.3 Å². The minimum Gasteiger partial charge on any atom is -0.497 e. The van der Waals surface area contributed by atoms with Gasteiger partial charge in [0.15, 0.2) is 0 Å². The quantitative estimate of drug-likeness (QED) is 0.599. The Kier molecular flexibility index (Phi) is 6.61. The van der Waals surface area contributed by atoms with Crippen LogP contribution in [0.3, 0.4) is 0 Å². The zero-order valence-corrected chi connectivity index (χ0v) is 18.9. The molecule has 0 aliphatic carbocycles. The van der Waals surface area contributed by atoms with E-state index in [1.54, 1.807) is 55.8 Å². The first kappa shape index (κ1) is 22.4. The molecular weight excluding hydrogens is 438 g/mol. The van der Waals surface area contributed by atoms with Gasteiger partial charge < -0.3 is 10.1 Å². The molecule has 0 spiro atoms. The van der Waals surface area contributed by atoms with Crippen LogP contribution in [0.4, 0.5) is 11.4 Å². The molecule has 0 atom stereocenters. The smallest absolute Gasteiger partial charge is 0.255 e. The third kappa shape index (κ3) is 5.51. The lowest BCUT2D eigenvalue weighted by molar-refractivity contribution is 0.102. The second-order valence-corrected chi connectivity index (χ2v) is 9.52. The van der Waals surface area contributed by atoms with Gasteiger partial charge >= 0.3 is 0 Å². The molecule has 1 aliphatic rings. The number of rotatable bonds is 4. The highest BCUT2D eigenvalue weighted by Crippen LogP contribution is 2.25. The number of carbonyl (C=O) groups is 1. The van der Waals surface area contributed by atoms with Gasteiger partial charge in [-0.15, -0.1) is 0 Å². The van der Waals surface area contributed by atoms with E-state index in [0.29, 0.717) is 46.9 Å². The maximum Gasteiger partial charge on any atom is 0.255 e. The molecule has 168 valence electrons. The van der Waals surface area contributed by atoms with Crippen molar-refractivity contribution in [3.63, 3.8) is 0 Å². The lowest BCUT2D eigenvalue weighted by Crippen LogP contribution is -2.37. The molecule has 0 radical (unpaired) electrons. The summed E-state index contributed by atoms with van der Waals surface area (Å²) in [7, 11) is -1.75. The van der Waals surface area contributed by atoms with Crippen LogP contribution >= 0.6 is 0 Å². The van der Waals surface area contributed by atoms with E-state index in [0.717, 1.165) is 6.42 Å². The Morgan fingerprint density at radius 2 is 1.88 bits per heavy atom. The minimum atomic E-state index is -3.29. The normalized spacial score (nSPS) is 14.6. The number of hydrogen-bond acceptors (Lipinski definition) is 5. The van der Waals surface area contributed by atoms with Crippen LogP contribution in [0.5, 0.6) is 5.75 Å². The van der Waals surface area contributed by atoms with E-state index < -0.39 is 10.0 Å². The van der Waals surface area contributed by atoms with E-state index in [9.17, 15) is 13.2 Å².